The van der Waals surface area contributed by atoms with Crippen molar-refractivity contribution in [3.63, 3.8) is 0 Å². The Bertz CT molecular complexity index is 1850. The Hall–Kier alpha value is -5.92. The van der Waals surface area contributed by atoms with Gasteiger partial charge in [-0.3, -0.25) is 14.4 Å². The number of alkyl carbamates (subject to hydrolysis) is 1. The van der Waals surface area contributed by atoms with Crippen LogP contribution in [0.2, 0.25) is 0 Å². The minimum atomic E-state index is -1.55. The summed E-state index contributed by atoms with van der Waals surface area (Å²) < 4.78 is 16.7. The van der Waals surface area contributed by atoms with Crippen molar-refractivity contribution in [3.05, 3.63) is 102 Å². The molecule has 1 heterocycles. The third-order valence-corrected chi connectivity index (χ3v) is 9.78. The first kappa shape index (κ1) is 44.8. The van der Waals surface area contributed by atoms with Gasteiger partial charge in [0.25, 0.3) is 0 Å². The number of carbonyl (C=O) groups is 6. The lowest BCUT2D eigenvalue weighted by Gasteiger charge is -2.34. The molecule has 312 valence electrons. The summed E-state index contributed by atoms with van der Waals surface area (Å²) in [7, 11) is 0. The molecule has 14 nitrogen and oxygen atoms in total. The summed E-state index contributed by atoms with van der Waals surface area (Å²) >= 11 is 0. The monoisotopic (exact) mass is 800 g/mol. The number of aliphatic carboxylic acids is 1. The van der Waals surface area contributed by atoms with Crippen LogP contribution in [0.4, 0.5) is 4.79 Å². The van der Waals surface area contributed by atoms with Crippen molar-refractivity contribution < 1.29 is 48.1 Å². The van der Waals surface area contributed by atoms with Crippen molar-refractivity contribution >= 4 is 35.8 Å². The average molecular weight is 801 g/mol. The van der Waals surface area contributed by atoms with Gasteiger partial charge in [-0.25, -0.2) is 14.4 Å². The van der Waals surface area contributed by atoms with E-state index in [4.69, 9.17) is 14.2 Å². The zero-order valence-corrected chi connectivity index (χ0v) is 34.0. The topological polar surface area (TPSA) is 190 Å². The zero-order valence-electron chi connectivity index (χ0n) is 34.0. The summed E-state index contributed by atoms with van der Waals surface area (Å²) in [4.78, 5) is 80.6. The van der Waals surface area contributed by atoms with Crippen LogP contribution in [0.1, 0.15) is 94.6 Å². The van der Waals surface area contributed by atoms with Crippen LogP contribution >= 0.6 is 0 Å². The molecule has 14 heteroatoms. The van der Waals surface area contributed by atoms with E-state index in [1.54, 1.807) is 82.3 Å². The molecule has 4 rings (SSSR count). The maximum Gasteiger partial charge on any atom is 0.408 e. The number of nitrogens with zero attached hydrogens (tertiary/aromatic N) is 1. The molecule has 0 spiro atoms. The highest BCUT2D eigenvalue weighted by atomic mass is 16.6. The van der Waals surface area contributed by atoms with Crippen molar-refractivity contribution in [1.82, 2.24) is 20.9 Å². The minimum Gasteiger partial charge on any atom is -0.489 e. The Balaban J connectivity index is 1.47. The van der Waals surface area contributed by atoms with Gasteiger partial charge in [-0.2, -0.15) is 0 Å². The summed E-state index contributed by atoms with van der Waals surface area (Å²) in [6.07, 6.45) is 1.01. The molecule has 1 aliphatic rings. The molecular weight excluding hydrogens is 745 g/mol. The number of nitrogens with one attached hydrogen (secondary N) is 3. The third-order valence-electron chi connectivity index (χ3n) is 9.78. The van der Waals surface area contributed by atoms with E-state index in [-0.39, 0.29) is 32.4 Å². The first-order valence-corrected chi connectivity index (χ1v) is 19.7. The van der Waals surface area contributed by atoms with Crippen LogP contribution in [0.5, 0.6) is 5.75 Å². The molecule has 4 amide bonds. The van der Waals surface area contributed by atoms with E-state index < -0.39 is 65.0 Å². The van der Waals surface area contributed by atoms with Crippen LogP contribution < -0.4 is 20.7 Å². The van der Waals surface area contributed by atoms with Crippen LogP contribution in [-0.4, -0.2) is 88.2 Å². The molecule has 58 heavy (non-hydrogen) atoms. The number of likely N-dealkylation sites (tertiary alicyclic amines) is 1. The molecule has 4 atom stereocenters. The Morgan fingerprint density at radius 1 is 0.828 bits per heavy atom. The van der Waals surface area contributed by atoms with Crippen LogP contribution in [0.25, 0.3) is 0 Å². The number of hydrogen-bond donors (Lipinski definition) is 4. The fraction of sp³-hybridized carbons (Fsp3) is 0.455. The average Bonchev–Trinajstić information content (AvgIpc) is 3.70. The number of carboxylic acids is 1. The van der Waals surface area contributed by atoms with Crippen LogP contribution in [0.15, 0.2) is 84.9 Å². The van der Waals surface area contributed by atoms with Crippen molar-refractivity contribution in [1.29, 1.82) is 0 Å². The Morgan fingerprint density at radius 2 is 1.48 bits per heavy atom. The quantitative estimate of drug-likeness (QED) is 0.0881. The van der Waals surface area contributed by atoms with Crippen molar-refractivity contribution in [3.8, 4) is 5.75 Å². The molecule has 0 bridgehead atoms. The highest BCUT2D eigenvalue weighted by molar-refractivity contribution is 5.97. The van der Waals surface area contributed by atoms with Gasteiger partial charge in [0.2, 0.25) is 17.7 Å². The predicted molar refractivity (Wildman–Crippen MR) is 216 cm³/mol. The maximum absolute atomic E-state index is 14.2. The maximum atomic E-state index is 14.2. The lowest BCUT2D eigenvalue weighted by Crippen LogP contribution is -2.63. The van der Waals surface area contributed by atoms with Crippen molar-refractivity contribution in [2.75, 3.05) is 13.2 Å². The molecule has 0 radical (unpaired) electrons. The summed E-state index contributed by atoms with van der Waals surface area (Å²) in [6.45, 7) is 8.95. The SMILES string of the molecule is CC[C@](C)(NC(=O)[C@H](CCCCOC(=O)c1ccccc1)NC(=O)OC(C)(C)C)C(=O)N[C@@H](Cc1ccc(OCc2ccccc2)cc1)C(=O)N1CCC[C@@H]1C(=O)O. The lowest BCUT2D eigenvalue weighted by atomic mass is 9.94. The van der Waals surface area contributed by atoms with Crippen molar-refractivity contribution in [2.45, 2.75) is 115 Å². The van der Waals surface area contributed by atoms with Crippen LogP contribution in [0.3, 0.4) is 0 Å². The number of ether oxygens (including phenoxy) is 3. The van der Waals surface area contributed by atoms with Gasteiger partial charge < -0.3 is 40.2 Å². The fourth-order valence-corrected chi connectivity index (χ4v) is 6.36. The number of esters is 1. The van der Waals surface area contributed by atoms with Gasteiger partial charge in [-0.15, -0.1) is 0 Å². The summed E-state index contributed by atoms with van der Waals surface area (Å²) in [6, 6.07) is 22.0. The molecule has 0 unspecified atom stereocenters. The van der Waals surface area contributed by atoms with Gasteiger partial charge in [0.15, 0.2) is 0 Å². The second-order valence-electron chi connectivity index (χ2n) is 15.5. The Kier molecular flexibility index (Phi) is 16.2. The van der Waals surface area contributed by atoms with Gasteiger partial charge >= 0.3 is 18.0 Å². The number of amides is 4. The molecule has 0 saturated carbocycles. The largest absolute Gasteiger partial charge is 0.489 e. The Labute approximate surface area is 340 Å². The first-order chi connectivity index (χ1) is 27.6. The Morgan fingerprint density at radius 3 is 2.10 bits per heavy atom. The normalized spacial score (nSPS) is 15.9. The van der Waals surface area contributed by atoms with E-state index in [0.29, 0.717) is 49.2 Å². The number of carboxylic acid groups (broad SMARTS) is 1. The highest BCUT2D eigenvalue weighted by Crippen LogP contribution is 2.22. The molecular formula is C44H56N4O10. The number of carbonyl (C=O) groups excluding carboxylic acids is 5. The van der Waals surface area contributed by atoms with Gasteiger partial charge in [0.05, 0.1) is 12.2 Å². The second kappa shape index (κ2) is 21.0. The predicted octanol–water partition coefficient (Wildman–Crippen LogP) is 5.57. The summed E-state index contributed by atoms with van der Waals surface area (Å²) in [5.74, 6) is -2.87. The van der Waals surface area contributed by atoms with E-state index in [9.17, 15) is 33.9 Å². The molecule has 3 aromatic carbocycles. The van der Waals surface area contributed by atoms with E-state index in [1.165, 1.54) is 11.8 Å². The zero-order chi connectivity index (χ0) is 42.3. The smallest absolute Gasteiger partial charge is 0.408 e. The van der Waals surface area contributed by atoms with Gasteiger partial charge in [-0.1, -0.05) is 67.6 Å². The highest BCUT2D eigenvalue weighted by Gasteiger charge is 2.41. The number of rotatable bonds is 19. The van der Waals surface area contributed by atoms with E-state index in [1.807, 2.05) is 30.3 Å². The molecule has 1 fully saturated rings. The third kappa shape index (κ3) is 13.6. The van der Waals surface area contributed by atoms with Crippen LogP contribution in [0, 0.1) is 0 Å². The number of hydrogen-bond acceptors (Lipinski definition) is 9. The second-order valence-corrected chi connectivity index (χ2v) is 15.5. The van der Waals surface area contributed by atoms with Crippen LogP contribution in [-0.2, 0) is 41.7 Å². The number of benzene rings is 3. The first-order valence-electron chi connectivity index (χ1n) is 19.7. The molecule has 3 aromatic rings. The lowest BCUT2D eigenvalue weighted by molar-refractivity contribution is -0.149. The molecule has 0 aliphatic carbocycles. The van der Waals surface area contributed by atoms with Gasteiger partial charge in [0.1, 0.15) is 41.6 Å². The molecule has 0 aromatic heterocycles. The molecule has 1 aliphatic heterocycles. The van der Waals surface area contributed by atoms with Gasteiger partial charge in [-0.05, 0) is 102 Å². The summed E-state index contributed by atoms with van der Waals surface area (Å²) in [5.41, 5.74) is -0.299. The van der Waals surface area contributed by atoms with E-state index >= 15 is 0 Å². The summed E-state index contributed by atoms with van der Waals surface area (Å²) in [5, 5.41) is 18.1. The van der Waals surface area contributed by atoms with E-state index in [0.717, 1.165) is 5.56 Å². The molecule has 4 N–H and O–H groups in total. The fourth-order valence-electron chi connectivity index (χ4n) is 6.36. The standard InChI is InChI=1S/C44H56N4O10/c1-6-44(5,47-37(49)34(46-42(55)58-43(2,3)4)20-13-14-27-56-40(53)32-18-11-8-12-19-32)41(54)45-35(38(50)48-26-15-21-36(48)39(51)52)28-30-22-24-33(25-23-30)57-29-31-16-9-7-10-17-31/h7-12,16-19,22-25,34-36H,6,13-15,20-21,26-29H2,1-5H3,(H,45,54)(H,46,55)(H,47,49)(H,51,52)/t34-,35-,36+,44-/m0/s1. The van der Waals surface area contributed by atoms with Crippen molar-refractivity contribution in [2.24, 2.45) is 0 Å². The minimum absolute atomic E-state index is 0.0395. The van der Waals surface area contributed by atoms with Gasteiger partial charge in [0, 0.05) is 13.0 Å². The van der Waals surface area contributed by atoms with E-state index in [2.05, 4.69) is 16.0 Å². The molecule has 1 saturated heterocycles. The number of unbranched alkanes of at least 4 members (excludes halogenated alkanes) is 1.